The minimum absolute atomic E-state index is 0.168. The van der Waals surface area contributed by atoms with E-state index in [0.29, 0.717) is 13.0 Å². The summed E-state index contributed by atoms with van der Waals surface area (Å²) in [4.78, 5) is 3.94. The quantitative estimate of drug-likeness (QED) is 0.635. The molecule has 1 aromatic heterocycles. The Labute approximate surface area is 109 Å². The van der Waals surface area contributed by atoms with E-state index in [1.54, 1.807) is 12.5 Å². The molecule has 0 saturated carbocycles. The van der Waals surface area contributed by atoms with Crippen molar-refractivity contribution in [1.82, 2.24) is 14.3 Å². The van der Waals surface area contributed by atoms with Gasteiger partial charge in [-0.2, -0.15) is 0 Å². The minimum atomic E-state index is -3.25. The molecule has 0 bridgehead atoms. The number of aryl methyl sites for hydroxylation is 1. The van der Waals surface area contributed by atoms with Crippen molar-refractivity contribution in [2.24, 2.45) is 5.73 Å². The van der Waals surface area contributed by atoms with Crippen LogP contribution in [0, 0.1) is 0 Å². The van der Waals surface area contributed by atoms with E-state index in [9.17, 15) is 8.42 Å². The Kier molecular flexibility index (Phi) is 6.31. The molecule has 0 aliphatic heterocycles. The number of sulfonamides is 1. The fraction of sp³-hybridized carbons (Fsp3) is 0.727. The lowest BCUT2D eigenvalue weighted by Gasteiger charge is -2.14. The number of rotatable bonds is 9. The van der Waals surface area contributed by atoms with Crippen molar-refractivity contribution in [2.75, 3.05) is 13.1 Å². The maximum Gasteiger partial charge on any atom is 0.215 e. The topological polar surface area (TPSA) is 90.0 Å². The fourth-order valence-electron chi connectivity index (χ4n) is 1.68. The largest absolute Gasteiger partial charge is 0.337 e. The van der Waals surface area contributed by atoms with Crippen molar-refractivity contribution in [3.05, 3.63) is 18.7 Å². The van der Waals surface area contributed by atoms with Crippen molar-refractivity contribution in [1.29, 1.82) is 0 Å². The van der Waals surface area contributed by atoms with Crippen LogP contribution in [-0.4, -0.2) is 36.3 Å². The highest BCUT2D eigenvalue weighted by atomic mass is 32.2. The highest BCUT2D eigenvalue weighted by Crippen LogP contribution is 2.02. The molecule has 104 valence electrons. The lowest BCUT2D eigenvalue weighted by molar-refractivity contribution is 0.550. The third-order valence-corrected chi connectivity index (χ3v) is 4.87. The SMILES string of the molecule is CCC(CN)S(=O)(=O)NCCCCn1ccnc1. The second-order valence-corrected chi connectivity index (χ2v) is 6.26. The first kappa shape index (κ1) is 15.1. The number of nitrogens with zero attached hydrogens (tertiary/aromatic N) is 2. The van der Waals surface area contributed by atoms with Crippen LogP contribution < -0.4 is 10.5 Å². The van der Waals surface area contributed by atoms with Gasteiger partial charge in [0.1, 0.15) is 0 Å². The van der Waals surface area contributed by atoms with Gasteiger partial charge in [-0.05, 0) is 19.3 Å². The van der Waals surface area contributed by atoms with Gasteiger partial charge in [0.25, 0.3) is 0 Å². The molecule has 0 aromatic carbocycles. The molecule has 0 radical (unpaired) electrons. The summed E-state index contributed by atoms with van der Waals surface area (Å²) in [5.41, 5.74) is 5.43. The maximum atomic E-state index is 11.8. The van der Waals surface area contributed by atoms with Crippen LogP contribution in [0.3, 0.4) is 0 Å². The summed E-state index contributed by atoms with van der Waals surface area (Å²) < 4.78 is 28.1. The molecule has 18 heavy (non-hydrogen) atoms. The van der Waals surface area contributed by atoms with Crippen LogP contribution in [0.2, 0.25) is 0 Å². The molecule has 7 heteroatoms. The monoisotopic (exact) mass is 274 g/mol. The van der Waals surface area contributed by atoms with E-state index in [0.717, 1.165) is 19.4 Å². The standard InChI is InChI=1S/C11H22N4O2S/c1-2-11(9-12)18(16,17)14-5-3-4-7-15-8-6-13-10-15/h6,8,10-11,14H,2-5,7,9,12H2,1H3. The van der Waals surface area contributed by atoms with Crippen molar-refractivity contribution < 1.29 is 8.42 Å². The summed E-state index contributed by atoms with van der Waals surface area (Å²) in [5, 5.41) is -0.480. The van der Waals surface area contributed by atoms with Crippen molar-refractivity contribution in [3.8, 4) is 0 Å². The Morgan fingerprint density at radius 2 is 2.22 bits per heavy atom. The highest BCUT2D eigenvalue weighted by molar-refractivity contribution is 7.90. The van der Waals surface area contributed by atoms with Crippen molar-refractivity contribution in [3.63, 3.8) is 0 Å². The predicted molar refractivity (Wildman–Crippen MR) is 71.5 cm³/mol. The van der Waals surface area contributed by atoms with Gasteiger partial charge in [-0.15, -0.1) is 0 Å². The van der Waals surface area contributed by atoms with Crippen LogP contribution in [0.5, 0.6) is 0 Å². The Hall–Kier alpha value is -0.920. The zero-order chi connectivity index (χ0) is 13.4. The van der Waals surface area contributed by atoms with Gasteiger partial charge in [0.05, 0.1) is 11.6 Å². The van der Waals surface area contributed by atoms with Gasteiger partial charge in [-0.1, -0.05) is 6.92 Å². The lowest BCUT2D eigenvalue weighted by Crippen LogP contribution is -2.39. The number of nitrogens with two attached hydrogens (primary N) is 1. The molecule has 0 spiro atoms. The normalized spacial score (nSPS) is 13.7. The second-order valence-electron chi connectivity index (χ2n) is 4.21. The third-order valence-electron chi connectivity index (χ3n) is 2.86. The van der Waals surface area contributed by atoms with E-state index in [2.05, 4.69) is 9.71 Å². The first-order valence-corrected chi connectivity index (χ1v) is 7.79. The van der Waals surface area contributed by atoms with E-state index in [1.165, 1.54) is 0 Å². The molecule has 1 atom stereocenters. The van der Waals surface area contributed by atoms with Gasteiger partial charge in [-0.25, -0.2) is 18.1 Å². The minimum Gasteiger partial charge on any atom is -0.337 e. The van der Waals surface area contributed by atoms with Crippen LogP contribution in [0.1, 0.15) is 26.2 Å². The molecule has 1 rings (SSSR count). The molecule has 0 amide bonds. The zero-order valence-corrected chi connectivity index (χ0v) is 11.6. The van der Waals surface area contributed by atoms with E-state index < -0.39 is 15.3 Å². The predicted octanol–water partition coefficient (Wildman–Crippen LogP) is 0.320. The number of hydrogen-bond acceptors (Lipinski definition) is 4. The van der Waals surface area contributed by atoms with Crippen LogP contribution in [0.25, 0.3) is 0 Å². The van der Waals surface area contributed by atoms with Crippen LogP contribution in [0.15, 0.2) is 18.7 Å². The molecule has 1 aromatic rings. The molecule has 0 fully saturated rings. The summed E-state index contributed by atoms with van der Waals surface area (Å²) in [5.74, 6) is 0. The summed E-state index contributed by atoms with van der Waals surface area (Å²) in [7, 11) is -3.25. The molecule has 3 N–H and O–H groups in total. The van der Waals surface area contributed by atoms with E-state index >= 15 is 0 Å². The van der Waals surface area contributed by atoms with E-state index in [1.807, 2.05) is 17.7 Å². The summed E-state index contributed by atoms with van der Waals surface area (Å²) >= 11 is 0. The number of imidazole rings is 1. The average molecular weight is 274 g/mol. The van der Waals surface area contributed by atoms with Crippen LogP contribution >= 0.6 is 0 Å². The molecule has 0 aliphatic rings. The van der Waals surface area contributed by atoms with Gasteiger partial charge in [0.15, 0.2) is 0 Å². The average Bonchev–Trinajstić information content (AvgIpc) is 2.82. The number of nitrogens with one attached hydrogen (secondary N) is 1. The second kappa shape index (κ2) is 7.50. The summed E-state index contributed by atoms with van der Waals surface area (Å²) in [6, 6.07) is 0. The maximum absolute atomic E-state index is 11.8. The Morgan fingerprint density at radius 1 is 1.44 bits per heavy atom. The van der Waals surface area contributed by atoms with E-state index in [4.69, 9.17) is 5.73 Å². The van der Waals surface area contributed by atoms with Gasteiger partial charge in [0.2, 0.25) is 10.0 Å². The first-order chi connectivity index (χ1) is 8.60. The van der Waals surface area contributed by atoms with Crippen LogP contribution in [0.4, 0.5) is 0 Å². The molecule has 6 nitrogen and oxygen atoms in total. The number of aromatic nitrogens is 2. The molecule has 1 unspecified atom stereocenters. The van der Waals surface area contributed by atoms with Gasteiger partial charge >= 0.3 is 0 Å². The Balaban J connectivity index is 2.21. The van der Waals surface area contributed by atoms with Crippen molar-refractivity contribution >= 4 is 10.0 Å². The first-order valence-electron chi connectivity index (χ1n) is 6.24. The van der Waals surface area contributed by atoms with E-state index in [-0.39, 0.29) is 6.54 Å². The number of unbranched alkanes of at least 4 members (excludes halogenated alkanes) is 1. The Bertz CT molecular complexity index is 412. The number of hydrogen-bond donors (Lipinski definition) is 2. The van der Waals surface area contributed by atoms with Crippen LogP contribution in [-0.2, 0) is 16.6 Å². The molecule has 0 saturated heterocycles. The zero-order valence-electron chi connectivity index (χ0n) is 10.7. The Morgan fingerprint density at radius 3 is 2.78 bits per heavy atom. The van der Waals surface area contributed by atoms with Gasteiger partial charge in [0, 0.05) is 32.0 Å². The highest BCUT2D eigenvalue weighted by Gasteiger charge is 2.20. The third kappa shape index (κ3) is 4.75. The molecule has 0 aliphatic carbocycles. The molecular weight excluding hydrogens is 252 g/mol. The summed E-state index contributed by atoms with van der Waals surface area (Å²) in [6.45, 7) is 3.32. The fourth-order valence-corrected chi connectivity index (χ4v) is 3.04. The summed E-state index contributed by atoms with van der Waals surface area (Å²) in [6.07, 6.45) is 7.64. The van der Waals surface area contributed by atoms with Crippen molar-refractivity contribution in [2.45, 2.75) is 38.0 Å². The smallest absolute Gasteiger partial charge is 0.215 e. The van der Waals surface area contributed by atoms with Gasteiger partial charge in [-0.3, -0.25) is 0 Å². The molecular formula is C11H22N4O2S. The van der Waals surface area contributed by atoms with Gasteiger partial charge < -0.3 is 10.3 Å². The lowest BCUT2D eigenvalue weighted by atomic mass is 10.3. The molecule has 1 heterocycles.